The molecule has 0 aromatic heterocycles. The van der Waals surface area contributed by atoms with Crippen molar-refractivity contribution in [2.45, 2.75) is 39.3 Å². The molecule has 1 saturated heterocycles. The lowest BCUT2D eigenvalue weighted by Crippen LogP contribution is -2.46. The molecule has 3 rings (SSSR count). The second-order valence-electron chi connectivity index (χ2n) is 6.31. The van der Waals surface area contributed by atoms with Crippen LogP contribution in [0.2, 0.25) is 0 Å². The Kier molecular flexibility index (Phi) is 5.21. The predicted molar refractivity (Wildman–Crippen MR) is 91.8 cm³/mol. The SMILES string of the molecule is CCOc1cc(CNC2CC2)ccc1N1CCN(CC)CC1. The van der Waals surface area contributed by atoms with Gasteiger partial charge in [0.1, 0.15) is 5.75 Å². The lowest BCUT2D eigenvalue weighted by molar-refractivity contribution is 0.269. The minimum absolute atomic E-state index is 0.724. The van der Waals surface area contributed by atoms with Gasteiger partial charge in [0.15, 0.2) is 0 Å². The molecule has 0 spiro atoms. The standard InChI is InChI=1S/C18H29N3O/c1-3-20-9-11-21(12-10-20)17-8-5-15(13-18(17)22-4-2)14-19-16-6-7-16/h5,8,13,16,19H,3-4,6-7,9-12,14H2,1-2H3. The van der Waals surface area contributed by atoms with Crippen LogP contribution < -0.4 is 15.0 Å². The first-order valence-corrected chi connectivity index (χ1v) is 8.76. The van der Waals surface area contributed by atoms with E-state index in [1.807, 2.05) is 0 Å². The van der Waals surface area contributed by atoms with Crippen LogP contribution in [0.5, 0.6) is 5.75 Å². The van der Waals surface area contributed by atoms with E-state index < -0.39 is 0 Å². The molecule has 22 heavy (non-hydrogen) atoms. The molecule has 0 unspecified atom stereocenters. The van der Waals surface area contributed by atoms with Crippen LogP contribution in [0.25, 0.3) is 0 Å². The normalized spacial score (nSPS) is 19.5. The van der Waals surface area contributed by atoms with Gasteiger partial charge in [0, 0.05) is 38.8 Å². The molecule has 0 atom stereocenters. The number of rotatable bonds is 7. The van der Waals surface area contributed by atoms with E-state index in [0.29, 0.717) is 0 Å². The van der Waals surface area contributed by atoms with Crippen molar-refractivity contribution in [1.82, 2.24) is 10.2 Å². The average Bonchev–Trinajstić information content (AvgIpc) is 3.38. The van der Waals surface area contributed by atoms with Crippen molar-refractivity contribution in [2.24, 2.45) is 0 Å². The average molecular weight is 303 g/mol. The van der Waals surface area contributed by atoms with E-state index in [0.717, 1.165) is 57.7 Å². The summed E-state index contributed by atoms with van der Waals surface area (Å²) in [4.78, 5) is 4.97. The molecule has 2 fully saturated rings. The molecule has 1 aliphatic carbocycles. The molecule has 4 heteroatoms. The van der Waals surface area contributed by atoms with Gasteiger partial charge >= 0.3 is 0 Å². The third-order valence-corrected chi connectivity index (χ3v) is 4.66. The fraction of sp³-hybridized carbons (Fsp3) is 0.667. The number of ether oxygens (including phenoxy) is 1. The topological polar surface area (TPSA) is 27.7 Å². The largest absolute Gasteiger partial charge is 0.492 e. The zero-order valence-corrected chi connectivity index (χ0v) is 14.0. The summed E-state index contributed by atoms with van der Waals surface area (Å²) in [5.41, 5.74) is 2.58. The molecule has 0 bridgehead atoms. The van der Waals surface area contributed by atoms with Crippen molar-refractivity contribution in [3.05, 3.63) is 23.8 Å². The monoisotopic (exact) mass is 303 g/mol. The van der Waals surface area contributed by atoms with Crippen molar-refractivity contribution >= 4 is 5.69 Å². The highest BCUT2D eigenvalue weighted by molar-refractivity contribution is 5.60. The maximum atomic E-state index is 5.92. The van der Waals surface area contributed by atoms with Crippen LogP contribution in [-0.2, 0) is 6.54 Å². The minimum atomic E-state index is 0.724. The molecule has 1 aliphatic heterocycles. The summed E-state index contributed by atoms with van der Waals surface area (Å²) in [5, 5.41) is 3.58. The summed E-state index contributed by atoms with van der Waals surface area (Å²) in [5.74, 6) is 1.04. The summed E-state index contributed by atoms with van der Waals surface area (Å²) >= 11 is 0. The Balaban J connectivity index is 1.68. The molecule has 0 amide bonds. The second-order valence-corrected chi connectivity index (χ2v) is 6.31. The number of hydrogen-bond donors (Lipinski definition) is 1. The van der Waals surface area contributed by atoms with Gasteiger partial charge in [-0.25, -0.2) is 0 Å². The highest BCUT2D eigenvalue weighted by Crippen LogP contribution is 2.31. The maximum Gasteiger partial charge on any atom is 0.142 e. The first-order chi connectivity index (χ1) is 10.8. The Labute approximate surface area is 134 Å². The lowest BCUT2D eigenvalue weighted by atomic mass is 10.1. The third-order valence-electron chi connectivity index (χ3n) is 4.66. The number of nitrogens with one attached hydrogen (secondary N) is 1. The van der Waals surface area contributed by atoms with Gasteiger partial charge in [0.25, 0.3) is 0 Å². The second kappa shape index (κ2) is 7.34. The first kappa shape index (κ1) is 15.6. The summed E-state index contributed by atoms with van der Waals surface area (Å²) in [6, 6.07) is 7.47. The van der Waals surface area contributed by atoms with E-state index in [9.17, 15) is 0 Å². The van der Waals surface area contributed by atoms with Crippen LogP contribution in [0.3, 0.4) is 0 Å². The maximum absolute atomic E-state index is 5.92. The molecule has 1 saturated carbocycles. The van der Waals surface area contributed by atoms with E-state index in [2.05, 4.69) is 47.2 Å². The molecule has 122 valence electrons. The van der Waals surface area contributed by atoms with Crippen molar-refractivity contribution < 1.29 is 4.74 Å². The molecular weight excluding hydrogens is 274 g/mol. The van der Waals surface area contributed by atoms with Gasteiger partial charge in [0.05, 0.1) is 12.3 Å². The Hall–Kier alpha value is -1.26. The van der Waals surface area contributed by atoms with E-state index in [1.165, 1.54) is 24.1 Å². The minimum Gasteiger partial charge on any atom is -0.492 e. The van der Waals surface area contributed by atoms with Crippen LogP contribution in [0, 0.1) is 0 Å². The van der Waals surface area contributed by atoms with E-state index >= 15 is 0 Å². The zero-order valence-electron chi connectivity index (χ0n) is 14.0. The number of benzene rings is 1. The number of nitrogens with zero attached hydrogens (tertiary/aromatic N) is 2. The number of anilines is 1. The first-order valence-electron chi connectivity index (χ1n) is 8.76. The highest BCUT2D eigenvalue weighted by atomic mass is 16.5. The van der Waals surface area contributed by atoms with Crippen LogP contribution in [0.1, 0.15) is 32.3 Å². The number of hydrogen-bond acceptors (Lipinski definition) is 4. The zero-order chi connectivity index (χ0) is 15.4. The van der Waals surface area contributed by atoms with Gasteiger partial charge in [-0.1, -0.05) is 13.0 Å². The summed E-state index contributed by atoms with van der Waals surface area (Å²) in [7, 11) is 0. The molecule has 1 N–H and O–H groups in total. The summed E-state index contributed by atoms with van der Waals surface area (Å²) < 4.78 is 5.92. The molecule has 1 aromatic rings. The van der Waals surface area contributed by atoms with Gasteiger partial charge in [-0.15, -0.1) is 0 Å². The van der Waals surface area contributed by atoms with Crippen LogP contribution in [-0.4, -0.2) is 50.3 Å². The third kappa shape index (κ3) is 3.93. The Bertz CT molecular complexity index is 479. The van der Waals surface area contributed by atoms with Crippen LogP contribution in [0.4, 0.5) is 5.69 Å². The van der Waals surface area contributed by atoms with Gasteiger partial charge in [-0.05, 0) is 44.0 Å². The number of piperazine rings is 1. The van der Waals surface area contributed by atoms with Gasteiger partial charge < -0.3 is 19.9 Å². The predicted octanol–water partition coefficient (Wildman–Crippen LogP) is 2.48. The summed E-state index contributed by atoms with van der Waals surface area (Å²) in [6.07, 6.45) is 2.66. The fourth-order valence-electron chi connectivity index (χ4n) is 3.06. The van der Waals surface area contributed by atoms with E-state index in [4.69, 9.17) is 4.74 Å². The molecular formula is C18H29N3O. The van der Waals surface area contributed by atoms with Gasteiger partial charge in [-0.2, -0.15) is 0 Å². The quantitative estimate of drug-likeness (QED) is 0.837. The molecule has 4 nitrogen and oxygen atoms in total. The van der Waals surface area contributed by atoms with Gasteiger partial charge in [-0.3, -0.25) is 0 Å². The summed E-state index contributed by atoms with van der Waals surface area (Å²) in [6.45, 7) is 11.6. The van der Waals surface area contributed by atoms with E-state index in [1.54, 1.807) is 0 Å². The molecule has 1 heterocycles. The fourth-order valence-corrected chi connectivity index (χ4v) is 3.06. The van der Waals surface area contributed by atoms with Gasteiger partial charge in [0.2, 0.25) is 0 Å². The molecule has 2 aliphatic rings. The van der Waals surface area contributed by atoms with E-state index in [-0.39, 0.29) is 0 Å². The Morgan fingerprint density at radius 1 is 1.14 bits per heavy atom. The smallest absolute Gasteiger partial charge is 0.142 e. The highest BCUT2D eigenvalue weighted by Gasteiger charge is 2.21. The Morgan fingerprint density at radius 2 is 1.91 bits per heavy atom. The Morgan fingerprint density at radius 3 is 2.55 bits per heavy atom. The molecule has 0 radical (unpaired) electrons. The van der Waals surface area contributed by atoms with Crippen molar-refractivity contribution in [3.8, 4) is 5.75 Å². The number of likely N-dealkylation sites (N-methyl/N-ethyl adjacent to an activating group) is 1. The van der Waals surface area contributed by atoms with Crippen LogP contribution in [0.15, 0.2) is 18.2 Å². The van der Waals surface area contributed by atoms with Crippen molar-refractivity contribution in [3.63, 3.8) is 0 Å². The van der Waals surface area contributed by atoms with Crippen molar-refractivity contribution in [2.75, 3.05) is 44.2 Å². The van der Waals surface area contributed by atoms with Crippen LogP contribution >= 0.6 is 0 Å². The molecule has 1 aromatic carbocycles. The van der Waals surface area contributed by atoms with Crippen molar-refractivity contribution in [1.29, 1.82) is 0 Å². The lowest BCUT2D eigenvalue weighted by Gasteiger charge is -2.36.